The van der Waals surface area contributed by atoms with E-state index in [1.54, 1.807) is 0 Å². The van der Waals surface area contributed by atoms with Gasteiger partial charge in [-0.3, -0.25) is 0 Å². The number of hydrogen-bond acceptors (Lipinski definition) is 3. The van der Waals surface area contributed by atoms with Crippen molar-refractivity contribution >= 4 is 0 Å². The van der Waals surface area contributed by atoms with E-state index < -0.39 is 0 Å². The minimum Gasteiger partial charge on any atom is -0.465 e. The molecular formula is C17H30N2O. The first kappa shape index (κ1) is 15.6. The molecule has 1 saturated carbocycles. The minimum absolute atomic E-state index is 0.494. The van der Waals surface area contributed by atoms with Crippen LogP contribution in [-0.2, 0) is 13.1 Å². The van der Waals surface area contributed by atoms with Crippen LogP contribution in [0.1, 0.15) is 56.6 Å². The van der Waals surface area contributed by atoms with E-state index in [-0.39, 0.29) is 0 Å². The average Bonchev–Trinajstić information content (AvgIpc) is 2.98. The zero-order valence-corrected chi connectivity index (χ0v) is 13.5. The van der Waals surface area contributed by atoms with E-state index in [0.29, 0.717) is 6.04 Å². The van der Waals surface area contributed by atoms with Gasteiger partial charge in [0.25, 0.3) is 0 Å². The summed E-state index contributed by atoms with van der Waals surface area (Å²) in [6.07, 6.45) is 5.68. The van der Waals surface area contributed by atoms with Crippen LogP contribution in [0.25, 0.3) is 0 Å². The molecule has 0 spiro atoms. The average molecular weight is 278 g/mol. The lowest BCUT2D eigenvalue weighted by molar-refractivity contribution is 0.269. The number of rotatable bonds is 7. The second kappa shape index (κ2) is 7.28. The fraction of sp³-hybridized carbons (Fsp3) is 0.765. The normalized spacial score (nSPS) is 16.7. The minimum atomic E-state index is 0.494. The van der Waals surface area contributed by atoms with Gasteiger partial charge in [-0.15, -0.1) is 0 Å². The molecule has 1 aromatic rings. The van der Waals surface area contributed by atoms with Crippen LogP contribution in [0.3, 0.4) is 0 Å². The SMILES string of the molecule is Cc1oc(CNC(C)C)cc1CN(C)CC1CCCC1. The van der Waals surface area contributed by atoms with Crippen LogP contribution >= 0.6 is 0 Å². The van der Waals surface area contributed by atoms with Gasteiger partial charge in [0.05, 0.1) is 6.54 Å². The zero-order valence-electron chi connectivity index (χ0n) is 13.5. The molecule has 0 amide bonds. The van der Waals surface area contributed by atoms with Crippen molar-refractivity contribution in [3.05, 3.63) is 23.2 Å². The van der Waals surface area contributed by atoms with Crippen LogP contribution in [0, 0.1) is 12.8 Å². The molecule has 0 atom stereocenters. The molecule has 1 aliphatic carbocycles. The Morgan fingerprint density at radius 1 is 1.35 bits per heavy atom. The molecule has 0 aliphatic heterocycles. The molecule has 20 heavy (non-hydrogen) atoms. The molecule has 0 bridgehead atoms. The fourth-order valence-electron chi connectivity index (χ4n) is 3.13. The maximum Gasteiger partial charge on any atom is 0.118 e. The van der Waals surface area contributed by atoms with Crippen LogP contribution in [0.15, 0.2) is 10.5 Å². The number of hydrogen-bond donors (Lipinski definition) is 1. The van der Waals surface area contributed by atoms with Crippen LogP contribution in [0.5, 0.6) is 0 Å². The molecule has 0 saturated heterocycles. The molecule has 0 aromatic carbocycles. The van der Waals surface area contributed by atoms with Gasteiger partial charge < -0.3 is 14.6 Å². The first-order valence-electron chi connectivity index (χ1n) is 8.04. The van der Waals surface area contributed by atoms with Crippen molar-refractivity contribution in [2.75, 3.05) is 13.6 Å². The Morgan fingerprint density at radius 3 is 2.70 bits per heavy atom. The third-order valence-corrected chi connectivity index (χ3v) is 4.24. The summed E-state index contributed by atoms with van der Waals surface area (Å²) in [5.41, 5.74) is 1.34. The molecular weight excluding hydrogens is 248 g/mol. The van der Waals surface area contributed by atoms with Gasteiger partial charge in [0.1, 0.15) is 11.5 Å². The van der Waals surface area contributed by atoms with E-state index in [9.17, 15) is 0 Å². The summed E-state index contributed by atoms with van der Waals surface area (Å²) < 4.78 is 5.85. The summed E-state index contributed by atoms with van der Waals surface area (Å²) in [4.78, 5) is 2.45. The highest BCUT2D eigenvalue weighted by atomic mass is 16.3. The predicted molar refractivity (Wildman–Crippen MR) is 83.7 cm³/mol. The lowest BCUT2D eigenvalue weighted by Crippen LogP contribution is -2.24. The van der Waals surface area contributed by atoms with E-state index in [0.717, 1.165) is 30.5 Å². The maximum atomic E-state index is 5.85. The summed E-state index contributed by atoms with van der Waals surface area (Å²) in [7, 11) is 2.23. The first-order valence-corrected chi connectivity index (χ1v) is 8.04. The van der Waals surface area contributed by atoms with Crippen molar-refractivity contribution in [1.29, 1.82) is 0 Å². The summed E-state index contributed by atoms with van der Waals surface area (Å²) in [5.74, 6) is 3.04. The van der Waals surface area contributed by atoms with Crippen molar-refractivity contribution in [1.82, 2.24) is 10.2 Å². The largest absolute Gasteiger partial charge is 0.465 e. The number of aryl methyl sites for hydroxylation is 1. The van der Waals surface area contributed by atoms with Crippen molar-refractivity contribution in [2.24, 2.45) is 5.92 Å². The zero-order chi connectivity index (χ0) is 14.5. The third kappa shape index (κ3) is 4.64. The predicted octanol–water partition coefficient (Wildman–Crippen LogP) is 3.71. The Kier molecular flexibility index (Phi) is 5.67. The maximum absolute atomic E-state index is 5.85. The molecule has 1 N–H and O–H groups in total. The quantitative estimate of drug-likeness (QED) is 0.824. The van der Waals surface area contributed by atoms with Gasteiger partial charge in [-0.1, -0.05) is 26.7 Å². The van der Waals surface area contributed by atoms with E-state index in [4.69, 9.17) is 4.42 Å². The van der Waals surface area contributed by atoms with Gasteiger partial charge >= 0.3 is 0 Å². The fourth-order valence-corrected chi connectivity index (χ4v) is 3.13. The van der Waals surface area contributed by atoms with Crippen LogP contribution in [0.4, 0.5) is 0 Å². The van der Waals surface area contributed by atoms with Gasteiger partial charge in [0, 0.05) is 24.7 Å². The van der Waals surface area contributed by atoms with Gasteiger partial charge in [-0.05, 0) is 38.8 Å². The lowest BCUT2D eigenvalue weighted by atomic mass is 10.1. The Bertz CT molecular complexity index is 405. The van der Waals surface area contributed by atoms with Crippen molar-refractivity contribution < 1.29 is 4.42 Å². The van der Waals surface area contributed by atoms with E-state index in [1.807, 2.05) is 0 Å². The summed E-state index contributed by atoms with van der Waals surface area (Å²) in [5, 5.41) is 3.41. The highest BCUT2D eigenvalue weighted by Gasteiger charge is 2.18. The molecule has 114 valence electrons. The van der Waals surface area contributed by atoms with Gasteiger partial charge in [-0.25, -0.2) is 0 Å². The van der Waals surface area contributed by atoms with Crippen LogP contribution in [-0.4, -0.2) is 24.5 Å². The van der Waals surface area contributed by atoms with E-state index in [2.05, 4.69) is 44.1 Å². The van der Waals surface area contributed by atoms with Crippen LogP contribution in [0.2, 0.25) is 0 Å². The van der Waals surface area contributed by atoms with Crippen molar-refractivity contribution in [2.45, 2.75) is 65.6 Å². The van der Waals surface area contributed by atoms with Crippen LogP contribution < -0.4 is 5.32 Å². The first-order chi connectivity index (χ1) is 9.54. The van der Waals surface area contributed by atoms with Crippen molar-refractivity contribution in [3.8, 4) is 0 Å². The second-order valence-corrected chi connectivity index (χ2v) is 6.68. The number of nitrogens with one attached hydrogen (secondary N) is 1. The smallest absolute Gasteiger partial charge is 0.118 e. The van der Waals surface area contributed by atoms with Gasteiger partial charge in [0.15, 0.2) is 0 Å². The van der Waals surface area contributed by atoms with Crippen molar-refractivity contribution in [3.63, 3.8) is 0 Å². The Morgan fingerprint density at radius 2 is 2.05 bits per heavy atom. The Hall–Kier alpha value is -0.800. The Balaban J connectivity index is 1.84. The molecule has 1 aliphatic rings. The molecule has 1 fully saturated rings. The van der Waals surface area contributed by atoms with Gasteiger partial charge in [-0.2, -0.15) is 0 Å². The Labute approximate surface area is 123 Å². The molecule has 3 heteroatoms. The monoisotopic (exact) mass is 278 g/mol. The van der Waals surface area contributed by atoms with E-state index in [1.165, 1.54) is 37.8 Å². The summed E-state index contributed by atoms with van der Waals surface area (Å²) in [6.45, 7) is 9.46. The molecule has 1 aromatic heterocycles. The highest BCUT2D eigenvalue weighted by molar-refractivity contribution is 5.20. The summed E-state index contributed by atoms with van der Waals surface area (Å²) in [6, 6.07) is 2.71. The summed E-state index contributed by atoms with van der Waals surface area (Å²) >= 11 is 0. The third-order valence-electron chi connectivity index (χ3n) is 4.24. The molecule has 2 rings (SSSR count). The van der Waals surface area contributed by atoms with Gasteiger partial charge in [0.2, 0.25) is 0 Å². The number of furan rings is 1. The van der Waals surface area contributed by atoms with E-state index >= 15 is 0 Å². The topological polar surface area (TPSA) is 28.4 Å². The molecule has 3 nitrogen and oxygen atoms in total. The standard InChI is InChI=1S/C17H30N2O/c1-13(2)18-10-17-9-16(14(3)20-17)12-19(4)11-15-7-5-6-8-15/h9,13,15,18H,5-8,10-12H2,1-4H3. The molecule has 1 heterocycles. The number of nitrogens with zero attached hydrogens (tertiary/aromatic N) is 1. The highest BCUT2D eigenvalue weighted by Crippen LogP contribution is 2.26. The molecule has 0 unspecified atom stereocenters. The molecule has 0 radical (unpaired) electrons. The second-order valence-electron chi connectivity index (χ2n) is 6.68. The lowest BCUT2D eigenvalue weighted by Gasteiger charge is -2.20.